The van der Waals surface area contributed by atoms with E-state index >= 15 is 0 Å². The van der Waals surface area contributed by atoms with Gasteiger partial charge in [0.05, 0.1) is 23.6 Å². The van der Waals surface area contributed by atoms with Crippen molar-refractivity contribution < 1.29 is 13.9 Å². The Kier molecular flexibility index (Phi) is 5.08. The third-order valence-electron chi connectivity index (χ3n) is 4.11. The van der Waals surface area contributed by atoms with E-state index in [4.69, 9.17) is 4.74 Å². The van der Waals surface area contributed by atoms with Crippen LogP contribution in [0.4, 0.5) is 9.18 Å². The van der Waals surface area contributed by atoms with Crippen molar-refractivity contribution in [2.45, 2.75) is 71.6 Å². The van der Waals surface area contributed by atoms with E-state index in [1.165, 1.54) is 4.90 Å². The quantitative estimate of drug-likeness (QED) is 0.765. The van der Waals surface area contributed by atoms with Crippen LogP contribution in [0.3, 0.4) is 0 Å². The normalized spacial score (nSPS) is 22.6. The summed E-state index contributed by atoms with van der Waals surface area (Å²) in [4.78, 5) is 13.6. The van der Waals surface area contributed by atoms with Gasteiger partial charge in [0.1, 0.15) is 19.8 Å². The summed E-state index contributed by atoms with van der Waals surface area (Å²) in [5.74, 6) is 0. The molecule has 1 aliphatic rings. The summed E-state index contributed by atoms with van der Waals surface area (Å²) in [5.41, 5.74) is 0.376. The highest BCUT2D eigenvalue weighted by molar-refractivity contribution is 6.88. The van der Waals surface area contributed by atoms with E-state index in [2.05, 4.69) is 30.0 Å². The molecule has 0 N–H and O–H groups in total. The maximum atomic E-state index is 14.7. The number of piperidine rings is 1. The first-order chi connectivity index (χ1) is 10.9. The molecule has 1 aliphatic heterocycles. The lowest BCUT2D eigenvalue weighted by molar-refractivity contribution is 0.00547. The summed E-state index contributed by atoms with van der Waals surface area (Å²) in [6.07, 6.45) is -1.13. The van der Waals surface area contributed by atoms with E-state index in [0.29, 0.717) is 13.0 Å². The fourth-order valence-corrected chi connectivity index (χ4v) is 4.55. The number of ether oxygens (including phenoxy) is 1. The van der Waals surface area contributed by atoms with Gasteiger partial charge in [0.25, 0.3) is 0 Å². The minimum Gasteiger partial charge on any atom is -0.444 e. The number of amides is 1. The second-order valence-corrected chi connectivity index (χ2v) is 13.5. The van der Waals surface area contributed by atoms with Gasteiger partial charge < -0.3 is 9.64 Å². The predicted octanol–water partition coefficient (Wildman–Crippen LogP) is 2.65. The maximum absolute atomic E-state index is 14.7. The molecule has 1 saturated heterocycles. The summed E-state index contributed by atoms with van der Waals surface area (Å²) in [6.45, 7) is 14.5. The van der Waals surface area contributed by atoms with Gasteiger partial charge in [-0.05, 0) is 34.1 Å². The smallest absolute Gasteiger partial charge is 0.410 e. The molecular formula is C16H29FN4O2Si. The largest absolute Gasteiger partial charge is 0.444 e. The number of nitrogens with zero attached hydrogens (tertiary/aromatic N) is 4. The molecule has 0 radical (unpaired) electrons. The van der Waals surface area contributed by atoms with E-state index in [9.17, 15) is 9.18 Å². The zero-order valence-corrected chi connectivity index (χ0v) is 16.8. The Bertz CT molecular complexity index is 606. The van der Waals surface area contributed by atoms with Crippen molar-refractivity contribution in [3.8, 4) is 0 Å². The summed E-state index contributed by atoms with van der Waals surface area (Å²) < 4.78 is 21.8. The SMILES string of the molecule is Cc1c([Si](C)(C)C)nnn1C1CCN(C(=O)OC(C)(C)C)CC1F. The number of hydrogen-bond donors (Lipinski definition) is 0. The fourth-order valence-electron chi connectivity index (χ4n) is 3.01. The molecule has 0 saturated carbocycles. The molecule has 1 fully saturated rings. The monoisotopic (exact) mass is 356 g/mol. The lowest BCUT2D eigenvalue weighted by Gasteiger charge is -2.35. The van der Waals surface area contributed by atoms with Gasteiger partial charge in [-0.1, -0.05) is 24.9 Å². The van der Waals surface area contributed by atoms with Crippen LogP contribution in [0.2, 0.25) is 19.6 Å². The highest BCUT2D eigenvalue weighted by Gasteiger charge is 2.37. The predicted molar refractivity (Wildman–Crippen MR) is 94.1 cm³/mol. The molecule has 2 atom stereocenters. The van der Waals surface area contributed by atoms with Gasteiger partial charge in [-0.2, -0.15) is 0 Å². The molecule has 24 heavy (non-hydrogen) atoms. The van der Waals surface area contributed by atoms with Crippen molar-refractivity contribution in [3.05, 3.63) is 5.69 Å². The number of hydrogen-bond acceptors (Lipinski definition) is 4. The van der Waals surface area contributed by atoms with Gasteiger partial charge in [0.15, 0.2) is 0 Å². The van der Waals surface area contributed by atoms with Crippen LogP contribution in [0.5, 0.6) is 0 Å². The zero-order chi connectivity index (χ0) is 18.3. The van der Waals surface area contributed by atoms with Crippen LogP contribution in [-0.4, -0.2) is 58.9 Å². The number of likely N-dealkylation sites (tertiary alicyclic amines) is 1. The van der Waals surface area contributed by atoms with Gasteiger partial charge in [-0.25, -0.2) is 13.9 Å². The van der Waals surface area contributed by atoms with Crippen molar-refractivity contribution in [2.24, 2.45) is 0 Å². The van der Waals surface area contributed by atoms with E-state index < -0.39 is 25.9 Å². The van der Waals surface area contributed by atoms with Gasteiger partial charge in [-0.15, -0.1) is 5.10 Å². The molecule has 1 aromatic heterocycles. The Balaban J connectivity index is 2.10. The summed E-state index contributed by atoms with van der Waals surface area (Å²) in [5, 5.41) is 9.53. The van der Waals surface area contributed by atoms with E-state index in [-0.39, 0.29) is 12.6 Å². The second kappa shape index (κ2) is 6.46. The molecule has 0 spiro atoms. The Morgan fingerprint density at radius 1 is 1.33 bits per heavy atom. The van der Waals surface area contributed by atoms with Crippen LogP contribution in [0, 0.1) is 6.92 Å². The molecule has 0 aliphatic carbocycles. The van der Waals surface area contributed by atoms with Crippen LogP contribution in [-0.2, 0) is 4.74 Å². The molecule has 0 bridgehead atoms. The zero-order valence-electron chi connectivity index (χ0n) is 15.8. The standard InChI is InChI=1S/C16H29FN4O2Si/c1-11-14(24(5,6)7)18-19-21(11)13-8-9-20(10-12(13)17)15(22)23-16(2,3)4/h12-13H,8-10H2,1-7H3. The molecule has 6 nitrogen and oxygen atoms in total. The molecule has 2 rings (SSSR count). The average Bonchev–Trinajstić information content (AvgIpc) is 2.78. The van der Waals surface area contributed by atoms with Crippen LogP contribution in [0.1, 0.15) is 38.9 Å². The average molecular weight is 357 g/mol. The molecule has 2 heterocycles. The lowest BCUT2D eigenvalue weighted by atomic mass is 10.0. The van der Waals surface area contributed by atoms with Crippen molar-refractivity contribution in [1.29, 1.82) is 0 Å². The number of rotatable bonds is 2. The number of carbonyl (C=O) groups is 1. The molecule has 1 aromatic rings. The lowest BCUT2D eigenvalue weighted by Crippen LogP contribution is -2.48. The minimum atomic E-state index is -1.60. The van der Waals surface area contributed by atoms with Crippen LogP contribution >= 0.6 is 0 Å². The van der Waals surface area contributed by atoms with Crippen molar-refractivity contribution in [1.82, 2.24) is 19.9 Å². The van der Waals surface area contributed by atoms with E-state index in [1.807, 2.05) is 6.92 Å². The van der Waals surface area contributed by atoms with E-state index in [1.54, 1.807) is 25.5 Å². The first-order valence-corrected chi connectivity index (χ1v) is 11.9. The van der Waals surface area contributed by atoms with Crippen molar-refractivity contribution >= 4 is 19.5 Å². The molecule has 8 heteroatoms. The van der Waals surface area contributed by atoms with E-state index in [0.717, 1.165) is 11.0 Å². The fraction of sp³-hybridized carbons (Fsp3) is 0.812. The van der Waals surface area contributed by atoms with Crippen molar-refractivity contribution in [2.75, 3.05) is 13.1 Å². The van der Waals surface area contributed by atoms with Crippen LogP contribution in [0.25, 0.3) is 0 Å². The first-order valence-electron chi connectivity index (χ1n) is 8.44. The number of alkyl halides is 1. The van der Waals surface area contributed by atoms with Crippen molar-refractivity contribution in [3.63, 3.8) is 0 Å². The first kappa shape index (κ1) is 18.9. The summed E-state index contributed by atoms with van der Waals surface area (Å²) >= 11 is 0. The Morgan fingerprint density at radius 3 is 2.42 bits per heavy atom. The molecule has 136 valence electrons. The summed E-state index contributed by atoms with van der Waals surface area (Å²) in [6, 6.07) is -0.374. The second-order valence-electron chi connectivity index (χ2n) is 8.52. The Hall–Kier alpha value is -1.44. The minimum absolute atomic E-state index is 0.0289. The third-order valence-corrected chi connectivity index (χ3v) is 5.99. The maximum Gasteiger partial charge on any atom is 0.410 e. The highest BCUT2D eigenvalue weighted by atomic mass is 28.3. The molecule has 1 amide bonds. The molecule has 2 unspecified atom stereocenters. The number of halogens is 1. The number of carbonyl (C=O) groups excluding carboxylic acids is 1. The third kappa shape index (κ3) is 4.14. The Morgan fingerprint density at radius 2 is 1.96 bits per heavy atom. The van der Waals surface area contributed by atoms with Gasteiger partial charge in [0.2, 0.25) is 0 Å². The summed E-state index contributed by atoms with van der Waals surface area (Å²) in [7, 11) is -1.60. The molecular weight excluding hydrogens is 327 g/mol. The van der Waals surface area contributed by atoms with Crippen LogP contribution in [0.15, 0.2) is 0 Å². The van der Waals surface area contributed by atoms with Gasteiger partial charge in [0, 0.05) is 6.54 Å². The highest BCUT2D eigenvalue weighted by Crippen LogP contribution is 2.27. The van der Waals surface area contributed by atoms with Crippen LogP contribution < -0.4 is 5.32 Å². The number of aromatic nitrogens is 3. The van der Waals surface area contributed by atoms with Gasteiger partial charge >= 0.3 is 6.09 Å². The molecule has 0 aromatic carbocycles. The Labute approximate surface area is 144 Å². The van der Waals surface area contributed by atoms with Gasteiger partial charge in [-0.3, -0.25) is 0 Å². The topological polar surface area (TPSA) is 60.2 Å².